The topological polar surface area (TPSA) is 67.0 Å². The Labute approximate surface area is 155 Å². The van der Waals surface area contributed by atoms with Gasteiger partial charge in [0.1, 0.15) is 5.75 Å². The van der Waals surface area contributed by atoms with Gasteiger partial charge in [0.2, 0.25) is 5.95 Å². The molecule has 0 aliphatic carbocycles. The molecule has 5 nitrogen and oxygen atoms in total. The summed E-state index contributed by atoms with van der Waals surface area (Å²) < 4.78 is 18.6. The second-order valence-electron chi connectivity index (χ2n) is 6.41. The van der Waals surface area contributed by atoms with E-state index in [1.807, 2.05) is 37.3 Å². The van der Waals surface area contributed by atoms with Gasteiger partial charge in [-0.2, -0.15) is 4.39 Å². The van der Waals surface area contributed by atoms with Crippen molar-refractivity contribution in [2.75, 3.05) is 7.11 Å². The number of hydrogen-bond acceptors (Lipinski definition) is 3. The summed E-state index contributed by atoms with van der Waals surface area (Å²) in [5.74, 6) is 0.0291. The van der Waals surface area contributed by atoms with Crippen LogP contribution in [0.4, 0.5) is 4.39 Å². The lowest BCUT2D eigenvalue weighted by atomic mass is 10.1. The van der Waals surface area contributed by atoms with Crippen molar-refractivity contribution >= 4 is 27.7 Å². The third-order valence-electron chi connectivity index (χ3n) is 4.65. The second kappa shape index (κ2) is 6.72. The first-order valence-electron chi connectivity index (χ1n) is 8.57. The van der Waals surface area contributed by atoms with Crippen LogP contribution in [0.1, 0.15) is 28.9 Å². The van der Waals surface area contributed by atoms with Crippen LogP contribution in [0.5, 0.6) is 5.75 Å². The number of benzene rings is 2. The molecule has 4 rings (SSSR count). The highest BCUT2D eigenvalue weighted by Gasteiger charge is 2.14. The number of aromatic nitrogens is 2. The van der Waals surface area contributed by atoms with E-state index in [0.29, 0.717) is 5.56 Å². The Kier molecular flexibility index (Phi) is 4.24. The average molecular weight is 363 g/mol. The first-order chi connectivity index (χ1) is 13.0. The Morgan fingerprint density at radius 1 is 1.15 bits per heavy atom. The molecule has 0 spiro atoms. The molecule has 2 aromatic heterocycles. The summed E-state index contributed by atoms with van der Waals surface area (Å²) in [5, 5.41) is 4.59. The van der Waals surface area contributed by atoms with Crippen LogP contribution >= 0.6 is 0 Å². The molecule has 136 valence electrons. The maximum Gasteiger partial charge on any atom is 0.251 e. The molecule has 1 unspecified atom stereocenters. The standard InChI is InChI=1S/C21H18FN3O2/c1-12(13-4-3-5-15(8-13)27-2)24-21(26)14-6-7-16-17-10-20(22)23-11-19(17)25-18(16)9-14/h3-12,25H,1-2H3,(H,24,26). The van der Waals surface area contributed by atoms with E-state index in [2.05, 4.69) is 15.3 Å². The lowest BCUT2D eigenvalue weighted by Crippen LogP contribution is -2.26. The Morgan fingerprint density at radius 2 is 2.00 bits per heavy atom. The number of methoxy groups -OCH3 is 1. The molecule has 0 fully saturated rings. The Morgan fingerprint density at radius 3 is 2.81 bits per heavy atom. The van der Waals surface area contributed by atoms with Crippen molar-refractivity contribution < 1.29 is 13.9 Å². The number of ether oxygens (including phenoxy) is 1. The van der Waals surface area contributed by atoms with Crippen LogP contribution in [-0.4, -0.2) is 23.0 Å². The number of carbonyl (C=O) groups excluding carboxylic acids is 1. The monoisotopic (exact) mass is 363 g/mol. The van der Waals surface area contributed by atoms with Gasteiger partial charge in [0, 0.05) is 27.9 Å². The molecule has 1 atom stereocenters. The normalized spacial score (nSPS) is 12.3. The van der Waals surface area contributed by atoms with E-state index in [0.717, 1.165) is 33.1 Å². The van der Waals surface area contributed by atoms with Crippen LogP contribution in [0, 0.1) is 5.95 Å². The first kappa shape index (κ1) is 17.0. The molecular formula is C21H18FN3O2. The summed E-state index contributed by atoms with van der Waals surface area (Å²) in [7, 11) is 1.61. The van der Waals surface area contributed by atoms with E-state index in [4.69, 9.17) is 4.74 Å². The smallest absolute Gasteiger partial charge is 0.251 e. The fourth-order valence-electron chi connectivity index (χ4n) is 3.20. The SMILES string of the molecule is COc1cccc(C(C)NC(=O)c2ccc3c(c2)[nH]c2cnc(F)cc23)c1. The van der Waals surface area contributed by atoms with Crippen LogP contribution in [-0.2, 0) is 0 Å². The number of amides is 1. The minimum Gasteiger partial charge on any atom is -0.497 e. The Balaban J connectivity index is 1.61. The number of halogens is 1. The number of pyridine rings is 1. The molecule has 1 amide bonds. The highest BCUT2D eigenvalue weighted by molar-refractivity contribution is 6.09. The molecule has 0 aliphatic rings. The zero-order chi connectivity index (χ0) is 19.0. The van der Waals surface area contributed by atoms with Crippen molar-refractivity contribution in [3.05, 3.63) is 71.8 Å². The summed E-state index contributed by atoms with van der Waals surface area (Å²) in [5.41, 5.74) is 2.97. The van der Waals surface area contributed by atoms with Gasteiger partial charge in [0.25, 0.3) is 5.91 Å². The van der Waals surface area contributed by atoms with Gasteiger partial charge in [-0.15, -0.1) is 0 Å². The third kappa shape index (κ3) is 3.21. The molecule has 6 heteroatoms. The van der Waals surface area contributed by atoms with Crippen LogP contribution < -0.4 is 10.1 Å². The molecule has 27 heavy (non-hydrogen) atoms. The van der Waals surface area contributed by atoms with Crippen molar-refractivity contribution in [3.8, 4) is 5.75 Å². The van der Waals surface area contributed by atoms with Crippen molar-refractivity contribution in [1.29, 1.82) is 0 Å². The van der Waals surface area contributed by atoms with Crippen molar-refractivity contribution in [2.45, 2.75) is 13.0 Å². The van der Waals surface area contributed by atoms with E-state index >= 15 is 0 Å². The summed E-state index contributed by atoms with van der Waals surface area (Å²) in [6.07, 6.45) is 1.45. The predicted molar refractivity (Wildman–Crippen MR) is 102 cm³/mol. The first-order valence-corrected chi connectivity index (χ1v) is 8.57. The Hall–Kier alpha value is -3.41. The largest absolute Gasteiger partial charge is 0.497 e. The van der Waals surface area contributed by atoms with Crippen LogP contribution in [0.15, 0.2) is 54.7 Å². The maximum absolute atomic E-state index is 13.4. The molecule has 0 aliphatic heterocycles. The molecule has 0 saturated heterocycles. The summed E-state index contributed by atoms with van der Waals surface area (Å²) in [4.78, 5) is 19.5. The number of carbonyl (C=O) groups is 1. The minimum absolute atomic E-state index is 0.177. The number of nitrogens with one attached hydrogen (secondary N) is 2. The van der Waals surface area contributed by atoms with Gasteiger partial charge >= 0.3 is 0 Å². The third-order valence-corrected chi connectivity index (χ3v) is 4.65. The van der Waals surface area contributed by atoms with Crippen LogP contribution in [0.3, 0.4) is 0 Å². The molecule has 0 bridgehead atoms. The van der Waals surface area contributed by atoms with Gasteiger partial charge in [-0.05, 0) is 36.8 Å². The highest BCUT2D eigenvalue weighted by atomic mass is 19.1. The molecule has 0 radical (unpaired) electrons. The quantitative estimate of drug-likeness (QED) is 0.530. The van der Waals surface area contributed by atoms with E-state index in [1.165, 1.54) is 12.3 Å². The number of fused-ring (bicyclic) bond motifs is 3. The lowest BCUT2D eigenvalue weighted by molar-refractivity contribution is 0.0940. The molecular weight excluding hydrogens is 345 g/mol. The van der Waals surface area contributed by atoms with E-state index in [-0.39, 0.29) is 11.9 Å². The van der Waals surface area contributed by atoms with Gasteiger partial charge in [-0.1, -0.05) is 18.2 Å². The number of rotatable bonds is 4. The summed E-state index contributed by atoms with van der Waals surface area (Å²) in [6, 6.07) is 14.1. The van der Waals surface area contributed by atoms with Crippen molar-refractivity contribution in [3.63, 3.8) is 0 Å². The number of hydrogen-bond donors (Lipinski definition) is 2. The van der Waals surface area contributed by atoms with Crippen molar-refractivity contribution in [1.82, 2.24) is 15.3 Å². The van der Waals surface area contributed by atoms with Crippen LogP contribution in [0.2, 0.25) is 0 Å². The number of aromatic amines is 1. The summed E-state index contributed by atoms with van der Waals surface area (Å²) >= 11 is 0. The zero-order valence-electron chi connectivity index (χ0n) is 14.9. The van der Waals surface area contributed by atoms with Gasteiger partial charge in [-0.3, -0.25) is 4.79 Å². The van der Waals surface area contributed by atoms with E-state index in [1.54, 1.807) is 19.2 Å². The van der Waals surface area contributed by atoms with Gasteiger partial charge in [0.15, 0.2) is 0 Å². The second-order valence-corrected chi connectivity index (χ2v) is 6.41. The van der Waals surface area contributed by atoms with E-state index < -0.39 is 5.95 Å². The van der Waals surface area contributed by atoms with Gasteiger partial charge in [0.05, 0.1) is 24.9 Å². The molecule has 2 aromatic carbocycles. The number of H-pyrrole nitrogens is 1. The summed E-state index contributed by atoms with van der Waals surface area (Å²) in [6.45, 7) is 1.92. The fourth-order valence-corrected chi connectivity index (χ4v) is 3.20. The van der Waals surface area contributed by atoms with Crippen molar-refractivity contribution in [2.24, 2.45) is 0 Å². The maximum atomic E-state index is 13.4. The van der Waals surface area contributed by atoms with Crippen LogP contribution in [0.25, 0.3) is 21.8 Å². The number of nitrogens with zero attached hydrogens (tertiary/aromatic N) is 1. The molecule has 2 N–H and O–H groups in total. The predicted octanol–water partition coefficient (Wildman–Crippen LogP) is 4.35. The average Bonchev–Trinajstić information content (AvgIpc) is 3.04. The fraction of sp³-hybridized carbons (Fsp3) is 0.143. The zero-order valence-corrected chi connectivity index (χ0v) is 14.9. The molecule has 2 heterocycles. The van der Waals surface area contributed by atoms with E-state index in [9.17, 15) is 9.18 Å². The van der Waals surface area contributed by atoms with Gasteiger partial charge < -0.3 is 15.0 Å². The van der Waals surface area contributed by atoms with Gasteiger partial charge in [-0.25, -0.2) is 4.98 Å². The molecule has 0 saturated carbocycles. The molecule has 4 aromatic rings. The highest BCUT2D eigenvalue weighted by Crippen LogP contribution is 2.26. The lowest BCUT2D eigenvalue weighted by Gasteiger charge is -2.15. The minimum atomic E-state index is -0.530. The Bertz CT molecular complexity index is 1150.